The summed E-state index contributed by atoms with van der Waals surface area (Å²) in [6, 6.07) is 3.02. The van der Waals surface area contributed by atoms with Crippen molar-refractivity contribution in [1.82, 2.24) is 4.90 Å². The van der Waals surface area contributed by atoms with Crippen molar-refractivity contribution in [2.75, 3.05) is 32.3 Å². The first-order chi connectivity index (χ1) is 12.6. The maximum Gasteiger partial charge on any atom is 0.387 e. The minimum absolute atomic E-state index is 0.0158. The first-order valence-electron chi connectivity index (χ1n) is 7.89. The van der Waals surface area contributed by atoms with Crippen molar-refractivity contribution < 1.29 is 41.0 Å². The second-order valence-electron chi connectivity index (χ2n) is 5.88. The van der Waals surface area contributed by atoms with Gasteiger partial charge in [0.2, 0.25) is 0 Å². The Morgan fingerprint density at radius 1 is 1.30 bits per heavy atom. The van der Waals surface area contributed by atoms with E-state index < -0.39 is 41.0 Å². The SMILES string of the molecule is COc1cc(C(=O)OCC(=O)N(C)C2CCS(=O)(=O)C2)ccc1OC(F)F. The summed E-state index contributed by atoms with van der Waals surface area (Å²) in [7, 11) is -0.485. The maximum atomic E-state index is 12.3. The molecule has 11 heteroatoms. The second-order valence-corrected chi connectivity index (χ2v) is 8.11. The molecule has 0 bridgehead atoms. The number of ether oxygens (including phenoxy) is 3. The number of amides is 1. The average molecular weight is 407 g/mol. The molecular weight excluding hydrogens is 388 g/mol. The lowest BCUT2D eigenvalue weighted by Gasteiger charge is -2.23. The Labute approximate surface area is 154 Å². The standard InChI is InChI=1S/C16H19F2NO7S/c1-19(11-5-6-27(22,23)9-11)14(20)8-25-15(21)10-3-4-12(26-16(17)18)13(7-10)24-2/h3-4,7,11,16H,5-6,8-9H2,1-2H3. The highest BCUT2D eigenvalue weighted by Crippen LogP contribution is 2.29. The number of rotatable bonds is 7. The van der Waals surface area contributed by atoms with Crippen LogP contribution in [0.3, 0.4) is 0 Å². The molecule has 1 aromatic carbocycles. The number of methoxy groups -OCH3 is 1. The Kier molecular flexibility index (Phi) is 6.58. The van der Waals surface area contributed by atoms with Crippen LogP contribution in [0.15, 0.2) is 18.2 Å². The molecule has 1 aromatic rings. The van der Waals surface area contributed by atoms with Crippen LogP contribution in [-0.2, 0) is 19.4 Å². The van der Waals surface area contributed by atoms with E-state index in [2.05, 4.69) is 4.74 Å². The molecule has 1 fully saturated rings. The predicted molar refractivity (Wildman–Crippen MR) is 89.7 cm³/mol. The topological polar surface area (TPSA) is 99.2 Å². The summed E-state index contributed by atoms with van der Waals surface area (Å²) < 4.78 is 61.6. The van der Waals surface area contributed by atoms with Gasteiger partial charge in [0, 0.05) is 13.1 Å². The van der Waals surface area contributed by atoms with E-state index >= 15 is 0 Å². The Bertz CT molecular complexity index is 813. The van der Waals surface area contributed by atoms with E-state index in [-0.39, 0.29) is 28.6 Å². The van der Waals surface area contributed by atoms with Gasteiger partial charge in [-0.2, -0.15) is 8.78 Å². The molecule has 1 amide bonds. The number of carbonyl (C=O) groups is 2. The summed E-state index contributed by atoms with van der Waals surface area (Å²) in [6.45, 7) is -3.63. The van der Waals surface area contributed by atoms with Crippen LogP contribution in [0.25, 0.3) is 0 Å². The molecule has 1 aliphatic heterocycles. The molecule has 0 spiro atoms. The zero-order valence-corrected chi connectivity index (χ0v) is 15.5. The lowest BCUT2D eigenvalue weighted by Crippen LogP contribution is -2.40. The lowest BCUT2D eigenvalue weighted by molar-refractivity contribution is -0.134. The Hall–Kier alpha value is -2.43. The zero-order chi connectivity index (χ0) is 20.2. The van der Waals surface area contributed by atoms with Gasteiger partial charge in [-0.05, 0) is 24.6 Å². The quantitative estimate of drug-likeness (QED) is 0.624. The fourth-order valence-corrected chi connectivity index (χ4v) is 4.36. The molecule has 0 saturated carbocycles. The van der Waals surface area contributed by atoms with Gasteiger partial charge in [-0.15, -0.1) is 0 Å². The predicted octanol–water partition coefficient (Wildman–Crippen LogP) is 1.10. The zero-order valence-electron chi connectivity index (χ0n) is 14.7. The van der Waals surface area contributed by atoms with E-state index in [4.69, 9.17) is 9.47 Å². The molecule has 1 atom stereocenters. The first-order valence-corrected chi connectivity index (χ1v) is 9.71. The first kappa shape index (κ1) is 20.9. The smallest absolute Gasteiger partial charge is 0.387 e. The van der Waals surface area contributed by atoms with E-state index in [1.165, 1.54) is 25.1 Å². The van der Waals surface area contributed by atoms with Crippen LogP contribution in [0.5, 0.6) is 11.5 Å². The van der Waals surface area contributed by atoms with Crippen molar-refractivity contribution in [3.8, 4) is 11.5 Å². The van der Waals surface area contributed by atoms with E-state index in [1.54, 1.807) is 0 Å². The molecule has 0 aromatic heterocycles. The van der Waals surface area contributed by atoms with E-state index in [1.807, 2.05) is 0 Å². The highest BCUT2D eigenvalue weighted by molar-refractivity contribution is 7.91. The normalized spacial score (nSPS) is 18.2. The monoisotopic (exact) mass is 407 g/mol. The number of esters is 1. The summed E-state index contributed by atoms with van der Waals surface area (Å²) in [6.07, 6.45) is 0.335. The van der Waals surface area contributed by atoms with Gasteiger partial charge in [-0.25, -0.2) is 13.2 Å². The number of hydrogen-bond acceptors (Lipinski definition) is 7. The second kappa shape index (κ2) is 8.51. The van der Waals surface area contributed by atoms with Gasteiger partial charge >= 0.3 is 12.6 Å². The van der Waals surface area contributed by atoms with Crippen LogP contribution < -0.4 is 9.47 Å². The van der Waals surface area contributed by atoms with Crippen LogP contribution in [0.1, 0.15) is 16.8 Å². The van der Waals surface area contributed by atoms with Crippen molar-refractivity contribution in [3.05, 3.63) is 23.8 Å². The lowest BCUT2D eigenvalue weighted by atomic mass is 10.2. The van der Waals surface area contributed by atoms with Crippen LogP contribution in [0.4, 0.5) is 8.78 Å². The fourth-order valence-electron chi connectivity index (χ4n) is 2.58. The third-order valence-corrected chi connectivity index (χ3v) is 5.84. The van der Waals surface area contributed by atoms with Gasteiger partial charge in [0.1, 0.15) is 0 Å². The summed E-state index contributed by atoms with van der Waals surface area (Å²) in [4.78, 5) is 25.4. The molecule has 0 aliphatic carbocycles. The van der Waals surface area contributed by atoms with E-state index in [0.717, 1.165) is 12.1 Å². The third-order valence-electron chi connectivity index (χ3n) is 4.09. The van der Waals surface area contributed by atoms with Crippen molar-refractivity contribution in [2.45, 2.75) is 19.1 Å². The Balaban J connectivity index is 1.96. The summed E-state index contributed by atoms with van der Waals surface area (Å²) >= 11 is 0. The number of carbonyl (C=O) groups excluding carboxylic acids is 2. The highest BCUT2D eigenvalue weighted by Gasteiger charge is 2.33. The number of nitrogens with zero attached hydrogens (tertiary/aromatic N) is 1. The minimum Gasteiger partial charge on any atom is -0.493 e. The Morgan fingerprint density at radius 2 is 2.00 bits per heavy atom. The number of likely N-dealkylation sites (N-methyl/N-ethyl adjacent to an activating group) is 1. The van der Waals surface area contributed by atoms with E-state index in [0.29, 0.717) is 6.42 Å². The number of benzene rings is 1. The summed E-state index contributed by atoms with van der Waals surface area (Å²) in [5.74, 6) is -1.85. The number of halogens is 2. The number of alkyl halides is 2. The molecule has 1 heterocycles. The van der Waals surface area contributed by atoms with Crippen molar-refractivity contribution >= 4 is 21.7 Å². The molecule has 8 nitrogen and oxygen atoms in total. The van der Waals surface area contributed by atoms with Crippen LogP contribution >= 0.6 is 0 Å². The van der Waals surface area contributed by atoms with Gasteiger partial charge in [-0.3, -0.25) is 4.79 Å². The number of sulfone groups is 1. The van der Waals surface area contributed by atoms with Crippen LogP contribution in [0.2, 0.25) is 0 Å². The molecule has 0 N–H and O–H groups in total. The third kappa shape index (κ3) is 5.52. The van der Waals surface area contributed by atoms with Gasteiger partial charge < -0.3 is 19.1 Å². The molecule has 1 unspecified atom stereocenters. The van der Waals surface area contributed by atoms with Crippen LogP contribution in [-0.4, -0.2) is 70.1 Å². The van der Waals surface area contributed by atoms with Crippen molar-refractivity contribution in [1.29, 1.82) is 0 Å². The molecule has 27 heavy (non-hydrogen) atoms. The molecule has 1 aliphatic rings. The largest absolute Gasteiger partial charge is 0.493 e. The van der Waals surface area contributed by atoms with Gasteiger partial charge in [0.25, 0.3) is 5.91 Å². The number of hydrogen-bond donors (Lipinski definition) is 0. The highest BCUT2D eigenvalue weighted by atomic mass is 32.2. The molecular formula is C16H19F2NO7S. The van der Waals surface area contributed by atoms with Gasteiger partial charge in [-0.1, -0.05) is 0 Å². The van der Waals surface area contributed by atoms with Crippen LogP contribution in [0, 0.1) is 0 Å². The molecule has 2 rings (SSSR count). The maximum absolute atomic E-state index is 12.3. The van der Waals surface area contributed by atoms with E-state index in [9.17, 15) is 26.8 Å². The molecule has 1 saturated heterocycles. The summed E-state index contributed by atoms with van der Waals surface area (Å²) in [5.41, 5.74) is -0.0210. The molecule has 150 valence electrons. The van der Waals surface area contributed by atoms with Gasteiger partial charge in [0.05, 0.1) is 24.2 Å². The fraction of sp³-hybridized carbons (Fsp3) is 0.500. The average Bonchev–Trinajstić information content (AvgIpc) is 2.98. The van der Waals surface area contributed by atoms with Gasteiger partial charge in [0.15, 0.2) is 27.9 Å². The Morgan fingerprint density at radius 3 is 2.56 bits per heavy atom. The van der Waals surface area contributed by atoms with Crippen molar-refractivity contribution in [2.24, 2.45) is 0 Å². The minimum atomic E-state index is -3.15. The van der Waals surface area contributed by atoms with Crippen molar-refractivity contribution in [3.63, 3.8) is 0 Å². The summed E-state index contributed by atoms with van der Waals surface area (Å²) in [5, 5.41) is 0. The molecule has 0 radical (unpaired) electrons.